The van der Waals surface area contributed by atoms with Crippen molar-refractivity contribution in [2.75, 3.05) is 13.1 Å². The van der Waals surface area contributed by atoms with Gasteiger partial charge in [0.25, 0.3) is 0 Å². The molecule has 2 unspecified atom stereocenters. The van der Waals surface area contributed by atoms with Gasteiger partial charge in [0, 0.05) is 18.1 Å². The standard InChI is InChI=1S/C20H23ClN2O3/c1-2-3-10-22-18(24)16-15-8-9-20(26-15)12-23(19(25)17(16)20)11-13-6-4-5-7-14(13)21/h4-9,15-17H,2-3,10-12H2,1H3,(H,22,24)/t15?,16-,17+,20?/m1/s1. The molecule has 2 fully saturated rings. The van der Waals surface area contributed by atoms with Crippen molar-refractivity contribution >= 4 is 23.4 Å². The average Bonchev–Trinajstić information content (AvgIpc) is 3.26. The maximum atomic E-state index is 13.1. The van der Waals surface area contributed by atoms with Gasteiger partial charge < -0.3 is 15.0 Å². The second-order valence-corrected chi connectivity index (χ2v) is 7.74. The van der Waals surface area contributed by atoms with E-state index in [1.54, 1.807) is 4.90 Å². The molecule has 1 N–H and O–H groups in total. The Hall–Kier alpha value is -1.85. The van der Waals surface area contributed by atoms with Gasteiger partial charge in [-0.3, -0.25) is 9.59 Å². The molecule has 1 spiro atoms. The number of nitrogens with zero attached hydrogens (tertiary/aromatic N) is 1. The zero-order valence-electron chi connectivity index (χ0n) is 14.8. The largest absolute Gasteiger partial charge is 0.360 e. The molecule has 4 atom stereocenters. The molecule has 4 rings (SSSR count). The van der Waals surface area contributed by atoms with Gasteiger partial charge in [0.15, 0.2) is 0 Å². The fourth-order valence-corrected chi connectivity index (χ4v) is 4.55. The van der Waals surface area contributed by atoms with Crippen LogP contribution in [0.3, 0.4) is 0 Å². The van der Waals surface area contributed by atoms with E-state index < -0.39 is 17.4 Å². The first-order valence-electron chi connectivity index (χ1n) is 9.23. The molecule has 2 amide bonds. The second-order valence-electron chi connectivity index (χ2n) is 7.33. The first-order chi connectivity index (χ1) is 12.6. The molecule has 0 radical (unpaired) electrons. The number of halogens is 1. The van der Waals surface area contributed by atoms with Crippen LogP contribution in [0.2, 0.25) is 5.02 Å². The topological polar surface area (TPSA) is 58.6 Å². The lowest BCUT2D eigenvalue weighted by Gasteiger charge is -2.23. The lowest BCUT2D eigenvalue weighted by molar-refractivity contribution is -0.137. The summed E-state index contributed by atoms with van der Waals surface area (Å²) in [6.45, 7) is 3.62. The number of hydrogen-bond donors (Lipinski definition) is 1. The van der Waals surface area contributed by atoms with E-state index in [1.165, 1.54) is 0 Å². The van der Waals surface area contributed by atoms with Gasteiger partial charge >= 0.3 is 0 Å². The number of carbonyl (C=O) groups excluding carboxylic acids is 2. The molecule has 0 saturated carbocycles. The maximum Gasteiger partial charge on any atom is 0.230 e. The third-order valence-electron chi connectivity index (χ3n) is 5.63. The normalized spacial score (nSPS) is 31.5. The van der Waals surface area contributed by atoms with Gasteiger partial charge in [0.2, 0.25) is 11.8 Å². The fraction of sp³-hybridized carbons (Fsp3) is 0.500. The number of carbonyl (C=O) groups is 2. The Morgan fingerprint density at radius 3 is 3.00 bits per heavy atom. The Morgan fingerprint density at radius 1 is 1.42 bits per heavy atom. The number of amides is 2. The van der Waals surface area contributed by atoms with Crippen molar-refractivity contribution < 1.29 is 14.3 Å². The van der Waals surface area contributed by atoms with Gasteiger partial charge in [0.05, 0.1) is 24.5 Å². The maximum absolute atomic E-state index is 13.1. The van der Waals surface area contributed by atoms with Crippen LogP contribution >= 0.6 is 11.6 Å². The molecule has 3 aliphatic heterocycles. The summed E-state index contributed by atoms with van der Waals surface area (Å²) in [7, 11) is 0. The smallest absolute Gasteiger partial charge is 0.230 e. The molecule has 2 bridgehead atoms. The highest BCUT2D eigenvalue weighted by Gasteiger charge is 2.66. The van der Waals surface area contributed by atoms with Crippen molar-refractivity contribution in [2.45, 2.75) is 38.0 Å². The minimum Gasteiger partial charge on any atom is -0.360 e. The molecule has 1 aromatic rings. The summed E-state index contributed by atoms with van der Waals surface area (Å²) in [6, 6.07) is 7.52. The van der Waals surface area contributed by atoms with E-state index in [9.17, 15) is 9.59 Å². The van der Waals surface area contributed by atoms with Gasteiger partial charge in [-0.2, -0.15) is 0 Å². The summed E-state index contributed by atoms with van der Waals surface area (Å²) < 4.78 is 6.13. The molecule has 138 valence electrons. The Bertz CT molecular complexity index is 765. The Kier molecular flexibility index (Phi) is 4.53. The third kappa shape index (κ3) is 2.74. The second kappa shape index (κ2) is 6.71. The Labute approximate surface area is 158 Å². The summed E-state index contributed by atoms with van der Waals surface area (Å²) in [6.07, 6.45) is 5.56. The molecule has 2 saturated heterocycles. The molecule has 0 aromatic heterocycles. The van der Waals surface area contributed by atoms with E-state index in [-0.39, 0.29) is 17.9 Å². The summed E-state index contributed by atoms with van der Waals surface area (Å²) >= 11 is 6.25. The number of benzene rings is 1. The summed E-state index contributed by atoms with van der Waals surface area (Å²) in [5.74, 6) is -0.984. The quantitative estimate of drug-likeness (QED) is 0.615. The first kappa shape index (κ1) is 17.6. The summed E-state index contributed by atoms with van der Waals surface area (Å²) in [4.78, 5) is 27.6. The number of hydrogen-bond acceptors (Lipinski definition) is 3. The minimum atomic E-state index is -0.671. The molecule has 6 heteroatoms. The average molecular weight is 375 g/mol. The predicted octanol–water partition coefficient (Wildman–Crippen LogP) is 2.54. The number of likely N-dealkylation sites (tertiary alicyclic amines) is 1. The number of nitrogens with one attached hydrogen (secondary N) is 1. The van der Waals surface area contributed by atoms with Crippen molar-refractivity contribution in [3.05, 3.63) is 47.0 Å². The van der Waals surface area contributed by atoms with Crippen molar-refractivity contribution in [1.82, 2.24) is 10.2 Å². The van der Waals surface area contributed by atoms with Gasteiger partial charge in [0.1, 0.15) is 5.60 Å². The number of fused-ring (bicyclic) bond motifs is 1. The molecule has 3 aliphatic rings. The van der Waals surface area contributed by atoms with E-state index >= 15 is 0 Å². The summed E-state index contributed by atoms with van der Waals surface area (Å²) in [5, 5.41) is 3.61. The van der Waals surface area contributed by atoms with Crippen molar-refractivity contribution in [1.29, 1.82) is 0 Å². The first-order valence-corrected chi connectivity index (χ1v) is 9.60. The Morgan fingerprint density at radius 2 is 2.23 bits per heavy atom. The monoisotopic (exact) mass is 374 g/mol. The van der Waals surface area contributed by atoms with Gasteiger partial charge in [-0.25, -0.2) is 0 Å². The highest BCUT2D eigenvalue weighted by molar-refractivity contribution is 6.31. The van der Waals surface area contributed by atoms with Crippen LogP contribution < -0.4 is 5.32 Å². The predicted molar refractivity (Wildman–Crippen MR) is 98.5 cm³/mol. The number of ether oxygens (including phenoxy) is 1. The van der Waals surface area contributed by atoms with Crippen LogP contribution in [0.5, 0.6) is 0 Å². The highest BCUT2D eigenvalue weighted by Crippen LogP contribution is 2.52. The molecular weight excluding hydrogens is 352 g/mol. The van der Waals surface area contributed by atoms with Crippen molar-refractivity contribution in [3.8, 4) is 0 Å². The van der Waals surface area contributed by atoms with Crippen molar-refractivity contribution in [3.63, 3.8) is 0 Å². The van der Waals surface area contributed by atoms with Gasteiger partial charge in [-0.15, -0.1) is 0 Å². The van der Waals surface area contributed by atoms with Crippen LogP contribution in [0.1, 0.15) is 25.3 Å². The molecule has 3 heterocycles. The highest BCUT2D eigenvalue weighted by atomic mass is 35.5. The zero-order chi connectivity index (χ0) is 18.3. The van der Waals surface area contributed by atoms with E-state index in [2.05, 4.69) is 12.2 Å². The van der Waals surface area contributed by atoms with Crippen LogP contribution in [-0.2, 0) is 20.9 Å². The number of rotatable bonds is 6. The molecule has 5 nitrogen and oxygen atoms in total. The van der Waals surface area contributed by atoms with Crippen LogP contribution in [0.25, 0.3) is 0 Å². The molecular formula is C20H23ClN2O3. The van der Waals surface area contributed by atoms with E-state index in [4.69, 9.17) is 16.3 Å². The van der Waals surface area contributed by atoms with Crippen molar-refractivity contribution in [2.24, 2.45) is 11.8 Å². The Balaban J connectivity index is 1.53. The van der Waals surface area contributed by atoms with Crippen LogP contribution in [-0.4, -0.2) is 41.5 Å². The van der Waals surface area contributed by atoms with Crippen LogP contribution in [0, 0.1) is 11.8 Å². The number of unbranched alkanes of at least 4 members (excludes halogenated alkanes) is 1. The van der Waals surface area contributed by atoms with Gasteiger partial charge in [-0.05, 0) is 18.1 Å². The van der Waals surface area contributed by atoms with E-state index in [0.717, 1.165) is 18.4 Å². The third-order valence-corrected chi connectivity index (χ3v) is 6.00. The lowest BCUT2D eigenvalue weighted by atomic mass is 9.77. The van der Waals surface area contributed by atoms with E-state index in [1.807, 2.05) is 36.4 Å². The molecule has 26 heavy (non-hydrogen) atoms. The SMILES string of the molecule is CCCCNC(=O)[C@@H]1C2C=CC3(CN(Cc4ccccc4Cl)C(=O)[C@H]13)O2. The van der Waals surface area contributed by atoms with Crippen LogP contribution in [0.4, 0.5) is 0 Å². The molecule has 1 aromatic carbocycles. The minimum absolute atomic E-state index is 0.0209. The summed E-state index contributed by atoms with van der Waals surface area (Å²) in [5.41, 5.74) is 0.233. The van der Waals surface area contributed by atoms with Crippen LogP contribution in [0.15, 0.2) is 36.4 Å². The van der Waals surface area contributed by atoms with Gasteiger partial charge in [-0.1, -0.05) is 55.3 Å². The fourth-order valence-electron chi connectivity index (χ4n) is 4.35. The zero-order valence-corrected chi connectivity index (χ0v) is 15.5. The lowest BCUT2D eigenvalue weighted by Crippen LogP contribution is -2.44. The van der Waals surface area contributed by atoms with E-state index in [0.29, 0.717) is 24.7 Å². The molecule has 0 aliphatic carbocycles.